The largest absolute Gasteiger partial charge is 0.503 e. The van der Waals surface area contributed by atoms with Crippen LogP contribution in [0.3, 0.4) is 0 Å². The molecular weight excluding hydrogens is 808 g/mol. The molecule has 4 aliphatic rings. The van der Waals surface area contributed by atoms with E-state index in [9.17, 15) is 24.8 Å². The number of phenolic OH excluding ortho intramolecular Hbond substituents is 1. The Labute approximate surface area is 320 Å². The molecule has 0 radical (unpaired) electrons. The van der Waals surface area contributed by atoms with Crippen LogP contribution in [0.4, 0.5) is 11.4 Å². The van der Waals surface area contributed by atoms with Crippen molar-refractivity contribution < 1.29 is 33.9 Å². The summed E-state index contributed by atoms with van der Waals surface area (Å²) in [4.78, 5) is 71.0. The smallest absolute Gasteiger partial charge is 0.269 e. The molecule has 3 aliphatic carbocycles. The number of aromatic hydroxyl groups is 1. The van der Waals surface area contributed by atoms with Crippen molar-refractivity contribution in [3.63, 3.8) is 0 Å². The molecule has 2 amide bonds. The fourth-order valence-corrected chi connectivity index (χ4v) is 10.1. The molecule has 1 aliphatic heterocycles. The Morgan fingerprint density at radius 2 is 1.55 bits per heavy atom. The van der Waals surface area contributed by atoms with Crippen LogP contribution in [0.1, 0.15) is 35.4 Å². The first-order valence-electron chi connectivity index (χ1n) is 17.0. The number of nitrogens with zero attached hydrogens (tertiary/aromatic N) is 2. The van der Waals surface area contributed by atoms with Crippen molar-refractivity contribution in [1.82, 2.24) is 0 Å². The average molecular weight is 839 g/mol. The number of ether oxygens (including phenoxy) is 1. The van der Waals surface area contributed by atoms with Crippen molar-refractivity contribution in [1.29, 1.82) is 0 Å². The number of imide groups is 1. The number of fused-ring (bicyclic) bond motifs is 4. The van der Waals surface area contributed by atoms with Gasteiger partial charge in [0.1, 0.15) is 0 Å². The van der Waals surface area contributed by atoms with E-state index in [1.807, 2.05) is 42.5 Å². The zero-order valence-corrected chi connectivity index (χ0v) is 31.2. The molecule has 6 atom stereocenters. The van der Waals surface area contributed by atoms with Gasteiger partial charge in [0.25, 0.3) is 5.69 Å². The number of allylic oxidation sites excluding steroid dienone is 4. The van der Waals surface area contributed by atoms with Gasteiger partial charge in [0, 0.05) is 34.0 Å². The van der Waals surface area contributed by atoms with E-state index in [4.69, 9.17) is 4.74 Å². The summed E-state index contributed by atoms with van der Waals surface area (Å²) in [5.74, 6) is -5.53. The number of non-ortho nitro benzene ring substituents is 1. The van der Waals surface area contributed by atoms with Crippen LogP contribution in [0.5, 0.6) is 11.5 Å². The highest BCUT2D eigenvalue weighted by atomic mass is 79.9. The number of rotatable bonds is 6. The quantitative estimate of drug-likeness (QED) is 0.0895. The van der Waals surface area contributed by atoms with Crippen molar-refractivity contribution in [3.8, 4) is 11.5 Å². The Hall–Kier alpha value is -5.20. The van der Waals surface area contributed by atoms with Crippen molar-refractivity contribution in [2.75, 3.05) is 12.0 Å². The number of nitro groups is 1. The van der Waals surface area contributed by atoms with Crippen molar-refractivity contribution in [2.24, 2.45) is 23.7 Å². The van der Waals surface area contributed by atoms with Crippen molar-refractivity contribution in [3.05, 3.63) is 144 Å². The highest BCUT2D eigenvalue weighted by molar-refractivity contribution is 9.13. The molecule has 1 saturated carbocycles. The Morgan fingerprint density at radius 1 is 0.887 bits per heavy atom. The second-order valence-corrected chi connectivity index (χ2v) is 15.3. The fourth-order valence-electron chi connectivity index (χ4n) is 9.17. The third kappa shape index (κ3) is 5.09. The molecule has 4 aromatic carbocycles. The summed E-state index contributed by atoms with van der Waals surface area (Å²) in [6, 6.07) is 25.1. The molecule has 0 bridgehead atoms. The summed E-state index contributed by atoms with van der Waals surface area (Å²) in [7, 11) is 1.42. The lowest BCUT2D eigenvalue weighted by Gasteiger charge is -2.55. The van der Waals surface area contributed by atoms with Gasteiger partial charge in [0.05, 0.1) is 39.4 Å². The number of halogens is 2. The van der Waals surface area contributed by atoms with Gasteiger partial charge in [0.2, 0.25) is 11.8 Å². The molecule has 1 saturated heterocycles. The zero-order valence-electron chi connectivity index (χ0n) is 28.1. The van der Waals surface area contributed by atoms with E-state index in [0.29, 0.717) is 21.2 Å². The topological polar surface area (TPSA) is 144 Å². The van der Waals surface area contributed by atoms with Crippen LogP contribution in [0.2, 0.25) is 0 Å². The van der Waals surface area contributed by atoms with E-state index in [1.54, 1.807) is 30.3 Å². The number of anilines is 1. The highest BCUT2D eigenvalue weighted by Gasteiger charge is 2.66. The van der Waals surface area contributed by atoms with E-state index in [1.165, 1.54) is 37.5 Å². The number of amides is 2. The van der Waals surface area contributed by atoms with Gasteiger partial charge in [0.15, 0.2) is 23.1 Å². The maximum atomic E-state index is 15.3. The van der Waals surface area contributed by atoms with Crippen LogP contribution >= 0.6 is 31.9 Å². The number of Topliss-reactive ketones (excluding diaryl/α,β-unsaturated/α-hetero) is 1. The van der Waals surface area contributed by atoms with Crippen molar-refractivity contribution in [2.45, 2.75) is 24.2 Å². The van der Waals surface area contributed by atoms with E-state index in [0.717, 1.165) is 10.5 Å². The SMILES string of the molecule is COc1cc([C@H]2C3=CC[C@@H]4C(=O)N(c5ccc([N+](=O)[O-])cc5)C(=O)[C@@H]4[C@@H]3C[C@H]3C(=O)C(c4ccccc4)=CC(=O)[C@@]23c2ccccc2)c(Br)c(Br)c1O. The van der Waals surface area contributed by atoms with Crippen LogP contribution in [0.15, 0.2) is 118 Å². The lowest BCUT2D eigenvalue weighted by atomic mass is 9.44. The maximum absolute atomic E-state index is 15.3. The Kier molecular flexibility index (Phi) is 8.57. The van der Waals surface area contributed by atoms with Gasteiger partial charge in [-0.2, -0.15) is 0 Å². The number of benzene rings is 4. The fraction of sp³-hybridized carbons (Fsp3) is 0.220. The molecule has 2 fully saturated rings. The van der Waals surface area contributed by atoms with E-state index >= 15 is 9.59 Å². The summed E-state index contributed by atoms with van der Waals surface area (Å²) in [6.07, 6.45) is 3.68. The molecule has 8 rings (SSSR count). The zero-order chi connectivity index (χ0) is 37.3. The first-order valence-corrected chi connectivity index (χ1v) is 18.6. The Morgan fingerprint density at radius 3 is 2.19 bits per heavy atom. The summed E-state index contributed by atoms with van der Waals surface area (Å²) in [5.41, 5.74) is 1.34. The second-order valence-electron chi connectivity index (χ2n) is 13.7. The molecule has 12 heteroatoms. The van der Waals surface area contributed by atoms with Crippen LogP contribution < -0.4 is 9.64 Å². The number of methoxy groups -OCH3 is 1. The first-order chi connectivity index (χ1) is 25.5. The summed E-state index contributed by atoms with van der Waals surface area (Å²) >= 11 is 7.21. The van der Waals surface area contributed by atoms with Crippen LogP contribution in [-0.2, 0) is 24.6 Å². The van der Waals surface area contributed by atoms with Gasteiger partial charge in [-0.05, 0) is 91.6 Å². The van der Waals surface area contributed by atoms with E-state index in [-0.39, 0.29) is 57.3 Å². The summed E-state index contributed by atoms with van der Waals surface area (Å²) in [5, 5.41) is 22.4. The Balaban J connectivity index is 1.37. The predicted molar refractivity (Wildman–Crippen MR) is 202 cm³/mol. The minimum Gasteiger partial charge on any atom is -0.503 e. The monoisotopic (exact) mass is 836 g/mol. The van der Waals surface area contributed by atoms with Crippen LogP contribution in [0, 0.1) is 33.8 Å². The van der Waals surface area contributed by atoms with Gasteiger partial charge in [-0.1, -0.05) is 72.3 Å². The molecule has 1 heterocycles. The molecular formula is C41H30Br2N2O8. The highest BCUT2D eigenvalue weighted by Crippen LogP contribution is 2.65. The molecule has 1 N–H and O–H groups in total. The van der Waals surface area contributed by atoms with Gasteiger partial charge in [-0.25, -0.2) is 0 Å². The van der Waals surface area contributed by atoms with Crippen LogP contribution in [0.25, 0.3) is 5.57 Å². The predicted octanol–water partition coefficient (Wildman–Crippen LogP) is 7.86. The lowest BCUT2D eigenvalue weighted by molar-refractivity contribution is -0.384. The number of hydrogen-bond acceptors (Lipinski definition) is 8. The maximum Gasteiger partial charge on any atom is 0.269 e. The number of carbonyl (C=O) groups is 4. The summed E-state index contributed by atoms with van der Waals surface area (Å²) < 4.78 is 6.33. The minimum absolute atomic E-state index is 0.105. The van der Waals surface area contributed by atoms with E-state index < -0.39 is 51.7 Å². The molecule has 53 heavy (non-hydrogen) atoms. The first kappa shape index (κ1) is 34.9. The van der Waals surface area contributed by atoms with E-state index in [2.05, 4.69) is 31.9 Å². The normalized spacial score (nSPS) is 26.3. The Bertz CT molecular complexity index is 2310. The number of phenols is 1. The molecule has 0 aromatic heterocycles. The molecule has 0 unspecified atom stereocenters. The average Bonchev–Trinajstić information content (AvgIpc) is 3.44. The molecule has 266 valence electrons. The number of carbonyl (C=O) groups excluding carboxylic acids is 4. The van der Waals surface area contributed by atoms with Crippen LogP contribution in [-0.4, -0.2) is 40.5 Å². The van der Waals surface area contributed by atoms with Gasteiger partial charge in [-0.3, -0.25) is 34.2 Å². The third-order valence-corrected chi connectivity index (χ3v) is 13.6. The van der Waals surface area contributed by atoms with Gasteiger partial charge < -0.3 is 9.84 Å². The third-order valence-electron chi connectivity index (χ3n) is 11.4. The summed E-state index contributed by atoms with van der Waals surface area (Å²) in [6.45, 7) is 0. The number of ketones is 2. The molecule has 4 aromatic rings. The lowest BCUT2D eigenvalue weighted by Crippen LogP contribution is -2.59. The number of nitro benzene ring substituents is 1. The van der Waals surface area contributed by atoms with Gasteiger partial charge >= 0.3 is 0 Å². The second kappa shape index (κ2) is 13.0. The molecule has 10 nitrogen and oxygen atoms in total. The van der Waals surface area contributed by atoms with Crippen molar-refractivity contribution >= 4 is 72.2 Å². The standard InChI is InChI=1S/C41H30Br2N2O8/c1-53-31-19-29(35(42)36(43)38(31)48)34-25-16-17-26-33(40(50)44(39(26)49)23-12-14-24(15-13-23)45(51)52)28(25)18-30-37(47)27(21-8-4-2-5-9-21)20-32(46)41(30,34)22-10-6-3-7-11-22/h2-16,19-20,26,28,30,33-34,48H,17-18H2,1H3/t26-,28+,30-,33-,34+,41-/m0/s1. The molecule has 0 spiro atoms. The van der Waals surface area contributed by atoms with Gasteiger partial charge in [-0.15, -0.1) is 0 Å². The number of hydrogen-bond donors (Lipinski definition) is 1. The minimum atomic E-state index is -1.49.